The van der Waals surface area contributed by atoms with Crippen LogP contribution in [0.3, 0.4) is 0 Å². The maximum absolute atomic E-state index is 5.22. The van der Waals surface area contributed by atoms with Crippen LogP contribution in [0.15, 0.2) is 29.3 Å². The fourth-order valence-electron chi connectivity index (χ4n) is 2.72. The molecule has 1 heterocycles. The number of nitrogens with one attached hydrogen (secondary N) is 2. The highest BCUT2D eigenvalue weighted by Crippen LogP contribution is 2.21. The highest BCUT2D eigenvalue weighted by atomic mass is 127. The Kier molecular flexibility index (Phi) is 10.7. The number of benzene rings is 1. The lowest BCUT2D eigenvalue weighted by Crippen LogP contribution is -2.38. The van der Waals surface area contributed by atoms with Crippen LogP contribution in [-0.2, 0) is 6.54 Å². The number of hydrogen-bond acceptors (Lipinski definition) is 4. The van der Waals surface area contributed by atoms with E-state index < -0.39 is 0 Å². The molecule has 150 valence electrons. The molecule has 2 aromatic rings. The Balaban J connectivity index is 0.00000364. The summed E-state index contributed by atoms with van der Waals surface area (Å²) in [6.45, 7) is 10.8. The molecule has 1 aromatic carbocycles. The standard InChI is InChI=1S/C20H30N4OS.HI/c1-6-21-20(23-13-19-15(3)24-16(4)26-19)22-12-11-14(2)17-7-9-18(25-5)10-8-17;/h7-10,14H,6,11-13H2,1-5H3,(H2,21,22,23);1H. The monoisotopic (exact) mass is 502 g/mol. The van der Waals surface area contributed by atoms with Crippen molar-refractivity contribution in [1.29, 1.82) is 0 Å². The molecule has 0 spiro atoms. The van der Waals surface area contributed by atoms with Crippen LogP contribution >= 0.6 is 35.3 Å². The average molecular weight is 502 g/mol. The van der Waals surface area contributed by atoms with E-state index in [2.05, 4.69) is 41.6 Å². The molecule has 0 radical (unpaired) electrons. The van der Waals surface area contributed by atoms with E-state index in [1.807, 2.05) is 26.0 Å². The van der Waals surface area contributed by atoms with Crippen molar-refractivity contribution in [2.24, 2.45) is 4.99 Å². The zero-order valence-electron chi connectivity index (χ0n) is 16.8. The molecule has 7 heteroatoms. The Labute approximate surface area is 184 Å². The van der Waals surface area contributed by atoms with Crippen LogP contribution in [0, 0.1) is 13.8 Å². The summed E-state index contributed by atoms with van der Waals surface area (Å²) in [6, 6.07) is 8.31. The van der Waals surface area contributed by atoms with Gasteiger partial charge in [-0.3, -0.25) is 0 Å². The molecule has 0 bridgehead atoms. The molecule has 1 unspecified atom stereocenters. The number of aliphatic imine (C=N–C) groups is 1. The highest BCUT2D eigenvalue weighted by molar-refractivity contribution is 14.0. The number of rotatable bonds is 8. The third kappa shape index (κ3) is 7.65. The van der Waals surface area contributed by atoms with Gasteiger partial charge in [0.25, 0.3) is 0 Å². The van der Waals surface area contributed by atoms with Crippen molar-refractivity contribution in [3.63, 3.8) is 0 Å². The highest BCUT2D eigenvalue weighted by Gasteiger charge is 2.07. The lowest BCUT2D eigenvalue weighted by atomic mass is 9.98. The first-order valence-electron chi connectivity index (χ1n) is 9.12. The smallest absolute Gasteiger partial charge is 0.191 e. The summed E-state index contributed by atoms with van der Waals surface area (Å²) in [4.78, 5) is 10.4. The largest absolute Gasteiger partial charge is 0.497 e. The van der Waals surface area contributed by atoms with E-state index in [9.17, 15) is 0 Å². The van der Waals surface area contributed by atoms with Gasteiger partial charge in [-0.25, -0.2) is 9.98 Å². The van der Waals surface area contributed by atoms with E-state index in [1.54, 1.807) is 18.4 Å². The number of methoxy groups -OCH3 is 1. The number of aromatic nitrogens is 1. The van der Waals surface area contributed by atoms with Crippen LogP contribution in [0.4, 0.5) is 0 Å². The van der Waals surface area contributed by atoms with Gasteiger partial charge in [0.05, 0.1) is 24.4 Å². The summed E-state index contributed by atoms with van der Waals surface area (Å²) in [7, 11) is 1.69. The van der Waals surface area contributed by atoms with Crippen LogP contribution in [0.2, 0.25) is 0 Å². The second kappa shape index (κ2) is 12.2. The zero-order chi connectivity index (χ0) is 18.9. The molecular weight excluding hydrogens is 471 g/mol. The molecule has 0 saturated carbocycles. The van der Waals surface area contributed by atoms with Gasteiger partial charge in [0.2, 0.25) is 0 Å². The number of nitrogens with zero attached hydrogens (tertiary/aromatic N) is 2. The van der Waals surface area contributed by atoms with E-state index in [1.165, 1.54) is 10.4 Å². The number of thiazole rings is 1. The minimum Gasteiger partial charge on any atom is -0.497 e. The molecule has 5 nitrogen and oxygen atoms in total. The first-order chi connectivity index (χ1) is 12.5. The number of guanidine groups is 1. The zero-order valence-corrected chi connectivity index (χ0v) is 20.0. The number of ether oxygens (including phenoxy) is 1. The van der Waals surface area contributed by atoms with Gasteiger partial charge in [-0.1, -0.05) is 19.1 Å². The SMILES string of the molecule is CCNC(=NCc1sc(C)nc1C)NCCC(C)c1ccc(OC)cc1.I. The van der Waals surface area contributed by atoms with Crippen LogP contribution < -0.4 is 15.4 Å². The molecule has 2 N–H and O–H groups in total. The van der Waals surface area contributed by atoms with Crippen molar-refractivity contribution in [3.8, 4) is 5.75 Å². The fourth-order valence-corrected chi connectivity index (χ4v) is 3.58. The molecule has 0 aliphatic carbocycles. The molecule has 2 rings (SSSR count). The molecule has 0 aliphatic heterocycles. The van der Waals surface area contributed by atoms with Gasteiger partial charge in [-0.2, -0.15) is 0 Å². The van der Waals surface area contributed by atoms with E-state index in [4.69, 9.17) is 9.73 Å². The summed E-state index contributed by atoms with van der Waals surface area (Å²) >= 11 is 1.72. The van der Waals surface area contributed by atoms with Gasteiger partial charge < -0.3 is 15.4 Å². The van der Waals surface area contributed by atoms with Crippen molar-refractivity contribution in [2.75, 3.05) is 20.2 Å². The quantitative estimate of drug-likeness (QED) is 0.314. The Morgan fingerprint density at radius 2 is 1.93 bits per heavy atom. The molecule has 0 saturated heterocycles. The summed E-state index contributed by atoms with van der Waals surface area (Å²) in [5.41, 5.74) is 2.41. The van der Waals surface area contributed by atoms with Crippen molar-refractivity contribution >= 4 is 41.3 Å². The minimum atomic E-state index is 0. The van der Waals surface area contributed by atoms with E-state index >= 15 is 0 Å². The Bertz CT molecular complexity index is 715. The summed E-state index contributed by atoms with van der Waals surface area (Å²) < 4.78 is 5.22. The van der Waals surface area contributed by atoms with Gasteiger partial charge in [-0.05, 0) is 50.8 Å². The van der Waals surface area contributed by atoms with Crippen molar-refractivity contribution in [3.05, 3.63) is 45.4 Å². The number of hydrogen-bond donors (Lipinski definition) is 2. The summed E-state index contributed by atoms with van der Waals surface area (Å²) in [5.74, 6) is 2.23. The third-order valence-electron chi connectivity index (χ3n) is 4.28. The van der Waals surface area contributed by atoms with E-state index in [0.717, 1.165) is 41.9 Å². The topological polar surface area (TPSA) is 58.5 Å². The molecule has 1 atom stereocenters. The van der Waals surface area contributed by atoms with Crippen LogP contribution in [0.25, 0.3) is 0 Å². The third-order valence-corrected chi connectivity index (χ3v) is 5.34. The Morgan fingerprint density at radius 1 is 1.22 bits per heavy atom. The van der Waals surface area contributed by atoms with Crippen molar-refractivity contribution in [2.45, 2.75) is 46.6 Å². The minimum absolute atomic E-state index is 0. The van der Waals surface area contributed by atoms with Crippen molar-refractivity contribution < 1.29 is 4.74 Å². The molecule has 27 heavy (non-hydrogen) atoms. The van der Waals surface area contributed by atoms with Gasteiger partial charge in [-0.15, -0.1) is 35.3 Å². The summed E-state index contributed by atoms with van der Waals surface area (Å²) in [5, 5.41) is 7.85. The van der Waals surface area contributed by atoms with Crippen LogP contribution in [0.1, 0.15) is 47.3 Å². The average Bonchev–Trinajstić information content (AvgIpc) is 2.96. The maximum Gasteiger partial charge on any atom is 0.191 e. The fraction of sp³-hybridized carbons (Fsp3) is 0.500. The second-order valence-corrected chi connectivity index (χ2v) is 7.61. The first-order valence-corrected chi connectivity index (χ1v) is 9.94. The van der Waals surface area contributed by atoms with E-state index in [0.29, 0.717) is 12.5 Å². The number of aryl methyl sites for hydroxylation is 2. The van der Waals surface area contributed by atoms with Gasteiger partial charge >= 0.3 is 0 Å². The number of halogens is 1. The normalized spacial score (nSPS) is 12.3. The van der Waals surface area contributed by atoms with Gasteiger partial charge in [0.15, 0.2) is 5.96 Å². The van der Waals surface area contributed by atoms with Crippen LogP contribution in [0.5, 0.6) is 5.75 Å². The first kappa shape index (κ1) is 23.7. The Hall–Kier alpha value is -1.35. The van der Waals surface area contributed by atoms with E-state index in [-0.39, 0.29) is 24.0 Å². The van der Waals surface area contributed by atoms with Gasteiger partial charge in [0.1, 0.15) is 5.75 Å². The second-order valence-electron chi connectivity index (χ2n) is 6.33. The molecule has 1 aromatic heterocycles. The van der Waals surface area contributed by atoms with Gasteiger partial charge in [0, 0.05) is 18.0 Å². The molecule has 0 fully saturated rings. The Morgan fingerprint density at radius 3 is 2.48 bits per heavy atom. The van der Waals surface area contributed by atoms with Crippen molar-refractivity contribution in [1.82, 2.24) is 15.6 Å². The molecule has 0 aliphatic rings. The summed E-state index contributed by atoms with van der Waals surface area (Å²) in [6.07, 6.45) is 1.04. The predicted molar refractivity (Wildman–Crippen MR) is 126 cm³/mol. The molecule has 0 amide bonds. The molecular formula is C20H31IN4OS. The lowest BCUT2D eigenvalue weighted by Gasteiger charge is -2.15. The lowest BCUT2D eigenvalue weighted by molar-refractivity contribution is 0.414. The van der Waals surface area contributed by atoms with Crippen LogP contribution in [-0.4, -0.2) is 31.1 Å². The maximum atomic E-state index is 5.22. The predicted octanol–water partition coefficient (Wildman–Crippen LogP) is 4.64.